The molecule has 19 heavy (non-hydrogen) atoms. The standard InChI is InChI=1S/C15H23NO3/c1-10-8-13(11(2)19-10)15(18)16-9-14(17)12-6-4-3-5-7-12/h8,12,14,17H,3-7,9H2,1-2H3,(H,16,18)/t14-/m0/s1. The summed E-state index contributed by atoms with van der Waals surface area (Å²) in [6.07, 6.45) is 5.36. The Kier molecular flexibility index (Phi) is 4.64. The van der Waals surface area contributed by atoms with E-state index in [1.807, 2.05) is 6.92 Å². The Morgan fingerprint density at radius 2 is 2.11 bits per heavy atom. The van der Waals surface area contributed by atoms with Crippen LogP contribution in [0.5, 0.6) is 0 Å². The topological polar surface area (TPSA) is 62.5 Å². The molecule has 0 unspecified atom stereocenters. The summed E-state index contributed by atoms with van der Waals surface area (Å²) in [6.45, 7) is 3.92. The molecule has 0 spiro atoms. The van der Waals surface area contributed by atoms with Crippen LogP contribution in [0.1, 0.15) is 54.0 Å². The Morgan fingerprint density at radius 1 is 1.42 bits per heavy atom. The number of rotatable bonds is 4. The predicted molar refractivity (Wildman–Crippen MR) is 73.1 cm³/mol. The van der Waals surface area contributed by atoms with Crippen LogP contribution in [0.15, 0.2) is 10.5 Å². The van der Waals surface area contributed by atoms with Crippen LogP contribution in [-0.4, -0.2) is 23.7 Å². The number of hydrogen-bond acceptors (Lipinski definition) is 3. The van der Waals surface area contributed by atoms with Gasteiger partial charge in [-0.3, -0.25) is 4.79 Å². The highest BCUT2D eigenvalue weighted by molar-refractivity contribution is 5.95. The summed E-state index contributed by atoms with van der Waals surface area (Å²) in [6, 6.07) is 1.73. The summed E-state index contributed by atoms with van der Waals surface area (Å²) >= 11 is 0. The van der Waals surface area contributed by atoms with E-state index in [0.29, 0.717) is 23.8 Å². The van der Waals surface area contributed by atoms with E-state index in [-0.39, 0.29) is 5.91 Å². The maximum absolute atomic E-state index is 12.0. The average Bonchev–Trinajstić information content (AvgIpc) is 2.75. The molecule has 1 fully saturated rings. The van der Waals surface area contributed by atoms with Crippen LogP contribution in [0.25, 0.3) is 0 Å². The van der Waals surface area contributed by atoms with Crippen LogP contribution < -0.4 is 5.32 Å². The van der Waals surface area contributed by atoms with Gasteiger partial charge in [0.25, 0.3) is 5.91 Å². The summed E-state index contributed by atoms with van der Waals surface area (Å²) in [5.74, 6) is 1.53. The van der Waals surface area contributed by atoms with Crippen molar-refractivity contribution in [3.8, 4) is 0 Å². The highest BCUT2D eigenvalue weighted by atomic mass is 16.3. The lowest BCUT2D eigenvalue weighted by Gasteiger charge is -2.26. The van der Waals surface area contributed by atoms with E-state index in [4.69, 9.17) is 4.42 Å². The van der Waals surface area contributed by atoms with Crippen molar-refractivity contribution < 1.29 is 14.3 Å². The lowest BCUT2D eigenvalue weighted by molar-refractivity contribution is 0.0737. The van der Waals surface area contributed by atoms with Crippen molar-refractivity contribution in [3.05, 3.63) is 23.2 Å². The van der Waals surface area contributed by atoms with Gasteiger partial charge in [-0.05, 0) is 38.7 Å². The number of nitrogens with one attached hydrogen (secondary N) is 1. The number of carbonyl (C=O) groups excluding carboxylic acids is 1. The zero-order valence-corrected chi connectivity index (χ0v) is 11.7. The van der Waals surface area contributed by atoms with Crippen LogP contribution in [0.3, 0.4) is 0 Å². The molecule has 0 radical (unpaired) electrons. The second-order valence-corrected chi connectivity index (χ2v) is 5.50. The summed E-state index contributed by atoms with van der Waals surface area (Å²) in [5.41, 5.74) is 0.563. The minimum absolute atomic E-state index is 0.163. The van der Waals surface area contributed by atoms with Crippen LogP contribution in [-0.2, 0) is 0 Å². The van der Waals surface area contributed by atoms with E-state index in [1.165, 1.54) is 19.3 Å². The number of carbonyl (C=O) groups is 1. The van der Waals surface area contributed by atoms with Gasteiger partial charge in [0.05, 0.1) is 11.7 Å². The Balaban J connectivity index is 1.84. The molecule has 106 valence electrons. The van der Waals surface area contributed by atoms with Crippen molar-refractivity contribution in [2.75, 3.05) is 6.54 Å². The molecule has 1 aliphatic rings. The van der Waals surface area contributed by atoms with E-state index in [2.05, 4.69) is 5.32 Å². The molecule has 4 heteroatoms. The lowest BCUT2D eigenvalue weighted by Crippen LogP contribution is -2.37. The summed E-state index contributed by atoms with van der Waals surface area (Å²) in [5, 5.41) is 12.9. The molecule has 1 heterocycles. The van der Waals surface area contributed by atoms with Gasteiger partial charge in [0.1, 0.15) is 11.5 Å². The molecule has 1 amide bonds. The third-order valence-corrected chi connectivity index (χ3v) is 3.95. The number of aliphatic hydroxyl groups is 1. The van der Waals surface area contributed by atoms with E-state index >= 15 is 0 Å². The molecule has 0 aromatic carbocycles. The fraction of sp³-hybridized carbons (Fsp3) is 0.667. The second-order valence-electron chi connectivity index (χ2n) is 5.50. The van der Waals surface area contributed by atoms with Gasteiger partial charge in [-0.15, -0.1) is 0 Å². The zero-order chi connectivity index (χ0) is 13.8. The third-order valence-electron chi connectivity index (χ3n) is 3.95. The molecular formula is C15H23NO3. The SMILES string of the molecule is Cc1cc(C(=O)NC[C@H](O)C2CCCCC2)c(C)o1. The van der Waals surface area contributed by atoms with Gasteiger partial charge in [0.15, 0.2) is 0 Å². The molecule has 1 aromatic heterocycles. The van der Waals surface area contributed by atoms with Gasteiger partial charge in [-0.25, -0.2) is 0 Å². The molecule has 1 saturated carbocycles. The van der Waals surface area contributed by atoms with E-state index < -0.39 is 6.10 Å². The van der Waals surface area contributed by atoms with Crippen molar-refractivity contribution in [2.24, 2.45) is 5.92 Å². The van der Waals surface area contributed by atoms with Crippen LogP contribution >= 0.6 is 0 Å². The third kappa shape index (κ3) is 3.60. The first-order valence-electron chi connectivity index (χ1n) is 7.11. The van der Waals surface area contributed by atoms with Gasteiger partial charge >= 0.3 is 0 Å². The van der Waals surface area contributed by atoms with Crippen molar-refractivity contribution in [1.29, 1.82) is 0 Å². The first kappa shape index (κ1) is 14.1. The fourth-order valence-electron chi connectivity index (χ4n) is 2.83. The molecule has 1 atom stereocenters. The van der Waals surface area contributed by atoms with E-state index in [9.17, 15) is 9.90 Å². The van der Waals surface area contributed by atoms with Crippen molar-refractivity contribution >= 4 is 5.91 Å². The smallest absolute Gasteiger partial charge is 0.254 e. The summed E-state index contributed by atoms with van der Waals surface area (Å²) in [4.78, 5) is 12.0. The highest BCUT2D eigenvalue weighted by Crippen LogP contribution is 2.26. The second kappa shape index (κ2) is 6.24. The van der Waals surface area contributed by atoms with Gasteiger partial charge in [0, 0.05) is 6.54 Å². The molecule has 0 aliphatic heterocycles. The predicted octanol–water partition coefficient (Wildman–Crippen LogP) is 2.57. The average molecular weight is 265 g/mol. The quantitative estimate of drug-likeness (QED) is 0.879. The maximum atomic E-state index is 12.0. The molecule has 1 aromatic rings. The van der Waals surface area contributed by atoms with Crippen molar-refractivity contribution in [1.82, 2.24) is 5.32 Å². The Bertz CT molecular complexity index is 433. The molecule has 0 bridgehead atoms. The zero-order valence-electron chi connectivity index (χ0n) is 11.7. The fourth-order valence-corrected chi connectivity index (χ4v) is 2.83. The number of furan rings is 1. The molecule has 0 saturated heterocycles. The number of aliphatic hydroxyl groups excluding tert-OH is 1. The van der Waals surface area contributed by atoms with Crippen LogP contribution in [0, 0.1) is 19.8 Å². The number of aryl methyl sites for hydroxylation is 2. The monoisotopic (exact) mass is 265 g/mol. The first-order chi connectivity index (χ1) is 9.08. The minimum Gasteiger partial charge on any atom is -0.466 e. The summed E-state index contributed by atoms with van der Waals surface area (Å²) < 4.78 is 5.34. The number of hydrogen-bond donors (Lipinski definition) is 2. The first-order valence-corrected chi connectivity index (χ1v) is 7.11. The van der Waals surface area contributed by atoms with Crippen molar-refractivity contribution in [2.45, 2.75) is 52.1 Å². The van der Waals surface area contributed by atoms with Crippen molar-refractivity contribution in [3.63, 3.8) is 0 Å². The molecule has 1 aliphatic carbocycles. The molecule has 2 N–H and O–H groups in total. The van der Waals surface area contributed by atoms with Crippen LogP contribution in [0.2, 0.25) is 0 Å². The largest absolute Gasteiger partial charge is 0.466 e. The normalized spacial score (nSPS) is 18.3. The molecule has 2 rings (SSSR count). The Hall–Kier alpha value is -1.29. The van der Waals surface area contributed by atoms with Gasteiger partial charge in [-0.2, -0.15) is 0 Å². The lowest BCUT2D eigenvalue weighted by atomic mass is 9.85. The number of amides is 1. The highest BCUT2D eigenvalue weighted by Gasteiger charge is 2.22. The van der Waals surface area contributed by atoms with Gasteiger partial charge in [-0.1, -0.05) is 19.3 Å². The Labute approximate surface area is 114 Å². The molecule has 4 nitrogen and oxygen atoms in total. The molecular weight excluding hydrogens is 242 g/mol. The Morgan fingerprint density at radius 3 is 2.68 bits per heavy atom. The van der Waals surface area contributed by atoms with Gasteiger partial charge < -0.3 is 14.8 Å². The van der Waals surface area contributed by atoms with Crippen LogP contribution in [0.4, 0.5) is 0 Å². The van der Waals surface area contributed by atoms with E-state index in [1.54, 1.807) is 13.0 Å². The minimum atomic E-state index is -0.433. The van der Waals surface area contributed by atoms with Gasteiger partial charge in [0.2, 0.25) is 0 Å². The summed E-state index contributed by atoms with van der Waals surface area (Å²) in [7, 11) is 0. The maximum Gasteiger partial charge on any atom is 0.254 e. The van der Waals surface area contributed by atoms with E-state index in [0.717, 1.165) is 18.6 Å².